The molecule has 8 nitrogen and oxygen atoms in total. The Morgan fingerprint density at radius 2 is 2.12 bits per heavy atom. The largest absolute Gasteiger partial charge is 0.340 e. The normalized spacial score (nSPS) is 20.4. The third-order valence-corrected chi connectivity index (χ3v) is 4.50. The van der Waals surface area contributed by atoms with Crippen molar-refractivity contribution in [3.63, 3.8) is 0 Å². The summed E-state index contributed by atoms with van der Waals surface area (Å²) in [5.74, 6) is 2.26. The quantitative estimate of drug-likeness (QED) is 0.930. The summed E-state index contributed by atoms with van der Waals surface area (Å²) in [6, 6.07) is -0.299. The van der Waals surface area contributed by atoms with Crippen LogP contribution in [0.1, 0.15) is 60.9 Å². The van der Waals surface area contributed by atoms with E-state index in [1.165, 1.54) is 0 Å². The molecule has 1 N–H and O–H groups in total. The van der Waals surface area contributed by atoms with Crippen LogP contribution in [0.4, 0.5) is 10.5 Å². The van der Waals surface area contributed by atoms with Gasteiger partial charge in [0.05, 0.1) is 23.6 Å². The number of amides is 2. The molecule has 1 aliphatic heterocycles. The maximum atomic E-state index is 12.8. The third-order valence-electron chi connectivity index (χ3n) is 4.50. The van der Waals surface area contributed by atoms with Crippen LogP contribution < -0.4 is 5.32 Å². The predicted molar refractivity (Wildman–Crippen MR) is 85.5 cm³/mol. The molecule has 126 valence electrons. The van der Waals surface area contributed by atoms with Gasteiger partial charge in [0.1, 0.15) is 5.82 Å². The maximum Gasteiger partial charge on any atom is 0.322 e. The van der Waals surface area contributed by atoms with E-state index in [9.17, 15) is 4.79 Å². The minimum Gasteiger partial charge on any atom is -0.340 e. The molecule has 4 rings (SSSR count). The summed E-state index contributed by atoms with van der Waals surface area (Å²) in [7, 11) is 0. The van der Waals surface area contributed by atoms with E-state index in [1.807, 2.05) is 6.92 Å². The minimum absolute atomic E-state index is 0.141. The molecule has 2 aromatic heterocycles. The number of carbonyl (C=O) groups excluding carboxylic acids is 1. The smallest absolute Gasteiger partial charge is 0.322 e. The second-order valence-electron chi connectivity index (χ2n) is 6.44. The van der Waals surface area contributed by atoms with Crippen LogP contribution in [0.2, 0.25) is 0 Å². The number of urea groups is 1. The number of anilines is 1. The number of hydrogen-bond donors (Lipinski definition) is 1. The van der Waals surface area contributed by atoms with Gasteiger partial charge in [-0.05, 0) is 32.6 Å². The lowest BCUT2D eigenvalue weighted by molar-refractivity contribution is 0.203. The molecule has 3 heterocycles. The summed E-state index contributed by atoms with van der Waals surface area (Å²) < 4.78 is 5.06. The highest BCUT2D eigenvalue weighted by molar-refractivity contribution is 5.90. The van der Waals surface area contributed by atoms with Crippen LogP contribution in [0.3, 0.4) is 0 Å². The summed E-state index contributed by atoms with van der Waals surface area (Å²) in [6.07, 6.45) is 5.71. The Balaban J connectivity index is 1.53. The topological polar surface area (TPSA) is 97.0 Å². The van der Waals surface area contributed by atoms with Crippen LogP contribution in [0.15, 0.2) is 10.7 Å². The first-order chi connectivity index (χ1) is 11.6. The van der Waals surface area contributed by atoms with Crippen molar-refractivity contribution in [2.24, 2.45) is 0 Å². The average Bonchev–Trinajstić information content (AvgIpc) is 3.12. The van der Waals surface area contributed by atoms with Crippen molar-refractivity contribution in [1.82, 2.24) is 25.0 Å². The third kappa shape index (κ3) is 2.83. The standard InChI is InChI=1S/C16H20N6O2/c1-9-17-8-12(14(18-9)11-5-6-11)20-16(23)22-7-3-4-13(22)15-19-10(2)24-21-15/h8,11,13H,3-7H2,1-2H3,(H,20,23)/t13-/m0/s1. The average molecular weight is 328 g/mol. The minimum atomic E-state index is -0.158. The lowest BCUT2D eigenvalue weighted by atomic mass is 10.2. The van der Waals surface area contributed by atoms with Gasteiger partial charge in [-0.2, -0.15) is 4.98 Å². The Hall–Kier alpha value is -2.51. The molecule has 0 aromatic carbocycles. The number of nitrogens with one attached hydrogen (secondary N) is 1. The van der Waals surface area contributed by atoms with Gasteiger partial charge in [0.15, 0.2) is 5.82 Å². The van der Waals surface area contributed by atoms with Gasteiger partial charge in [-0.3, -0.25) is 0 Å². The van der Waals surface area contributed by atoms with Crippen LogP contribution in [-0.2, 0) is 0 Å². The summed E-state index contributed by atoms with van der Waals surface area (Å²) in [6.45, 7) is 4.30. The Kier molecular flexibility index (Phi) is 3.66. The molecule has 1 saturated carbocycles. The first-order valence-corrected chi connectivity index (χ1v) is 8.33. The number of carbonyl (C=O) groups is 1. The maximum absolute atomic E-state index is 12.8. The molecule has 2 amide bonds. The lowest BCUT2D eigenvalue weighted by Crippen LogP contribution is -2.35. The zero-order valence-corrected chi connectivity index (χ0v) is 13.8. The Morgan fingerprint density at radius 1 is 1.29 bits per heavy atom. The van der Waals surface area contributed by atoms with Gasteiger partial charge < -0.3 is 14.7 Å². The van der Waals surface area contributed by atoms with Crippen molar-refractivity contribution in [3.05, 3.63) is 29.4 Å². The highest BCUT2D eigenvalue weighted by Gasteiger charge is 2.34. The van der Waals surface area contributed by atoms with Gasteiger partial charge in [-0.25, -0.2) is 14.8 Å². The number of likely N-dealkylation sites (tertiary alicyclic amines) is 1. The Labute approximate surface area is 139 Å². The molecule has 2 fully saturated rings. The zero-order chi connectivity index (χ0) is 16.7. The fraction of sp³-hybridized carbons (Fsp3) is 0.562. The van der Waals surface area contributed by atoms with Gasteiger partial charge >= 0.3 is 6.03 Å². The second kappa shape index (κ2) is 5.85. The molecular weight excluding hydrogens is 308 g/mol. The van der Waals surface area contributed by atoms with Gasteiger partial charge in [-0.1, -0.05) is 5.16 Å². The molecule has 2 aliphatic rings. The first-order valence-electron chi connectivity index (χ1n) is 8.33. The summed E-state index contributed by atoms with van der Waals surface area (Å²) >= 11 is 0. The van der Waals surface area contributed by atoms with Crippen LogP contribution in [0, 0.1) is 13.8 Å². The van der Waals surface area contributed by atoms with Gasteiger partial charge in [0.25, 0.3) is 0 Å². The fourth-order valence-electron chi connectivity index (χ4n) is 3.17. The van der Waals surface area contributed by atoms with E-state index in [-0.39, 0.29) is 12.1 Å². The molecule has 1 saturated heterocycles. The van der Waals surface area contributed by atoms with Crippen LogP contribution >= 0.6 is 0 Å². The molecule has 2 aromatic rings. The predicted octanol–water partition coefficient (Wildman–Crippen LogP) is 2.72. The van der Waals surface area contributed by atoms with E-state index in [1.54, 1.807) is 18.0 Å². The number of nitrogens with zero attached hydrogens (tertiary/aromatic N) is 5. The lowest BCUT2D eigenvalue weighted by Gasteiger charge is -2.23. The number of aromatic nitrogens is 4. The Bertz CT molecular complexity index is 770. The summed E-state index contributed by atoms with van der Waals surface area (Å²) in [5.41, 5.74) is 1.66. The number of rotatable bonds is 3. The molecule has 1 atom stereocenters. The molecular formula is C16H20N6O2. The van der Waals surface area contributed by atoms with Crippen molar-refractivity contribution in [2.75, 3.05) is 11.9 Å². The van der Waals surface area contributed by atoms with Crippen LogP contribution in [0.5, 0.6) is 0 Å². The van der Waals surface area contributed by atoms with E-state index >= 15 is 0 Å². The molecule has 1 aliphatic carbocycles. The molecule has 0 bridgehead atoms. The van der Waals surface area contributed by atoms with E-state index in [4.69, 9.17) is 4.52 Å². The van der Waals surface area contributed by atoms with Gasteiger partial charge in [0, 0.05) is 19.4 Å². The Morgan fingerprint density at radius 3 is 2.83 bits per heavy atom. The fourth-order valence-corrected chi connectivity index (χ4v) is 3.17. The van der Waals surface area contributed by atoms with Crippen molar-refractivity contribution < 1.29 is 9.32 Å². The first kappa shape index (κ1) is 15.0. The van der Waals surface area contributed by atoms with E-state index in [0.29, 0.717) is 29.9 Å². The monoisotopic (exact) mass is 328 g/mol. The highest BCUT2D eigenvalue weighted by Crippen LogP contribution is 2.42. The molecule has 0 unspecified atom stereocenters. The zero-order valence-electron chi connectivity index (χ0n) is 13.8. The van der Waals surface area contributed by atoms with E-state index < -0.39 is 0 Å². The van der Waals surface area contributed by atoms with E-state index in [2.05, 4.69) is 25.4 Å². The van der Waals surface area contributed by atoms with Crippen molar-refractivity contribution >= 4 is 11.7 Å². The molecule has 8 heteroatoms. The molecule has 0 radical (unpaired) electrons. The van der Waals surface area contributed by atoms with E-state index in [0.717, 1.165) is 37.2 Å². The van der Waals surface area contributed by atoms with Gasteiger partial charge in [0.2, 0.25) is 5.89 Å². The second-order valence-corrected chi connectivity index (χ2v) is 6.44. The van der Waals surface area contributed by atoms with Crippen LogP contribution in [-0.4, -0.2) is 37.6 Å². The van der Waals surface area contributed by atoms with Crippen molar-refractivity contribution in [3.8, 4) is 0 Å². The SMILES string of the molecule is Cc1ncc(NC(=O)N2CCC[C@H]2c2noc(C)n2)c(C2CC2)n1. The molecule has 24 heavy (non-hydrogen) atoms. The van der Waals surface area contributed by atoms with Crippen LogP contribution in [0.25, 0.3) is 0 Å². The summed E-state index contributed by atoms with van der Waals surface area (Å²) in [4.78, 5) is 27.5. The van der Waals surface area contributed by atoms with Crippen molar-refractivity contribution in [1.29, 1.82) is 0 Å². The number of aryl methyl sites for hydroxylation is 2. The molecule has 0 spiro atoms. The summed E-state index contributed by atoms with van der Waals surface area (Å²) in [5, 5.41) is 6.96. The van der Waals surface area contributed by atoms with Gasteiger partial charge in [-0.15, -0.1) is 0 Å². The van der Waals surface area contributed by atoms with Crippen molar-refractivity contribution in [2.45, 2.75) is 51.5 Å². The number of hydrogen-bond acceptors (Lipinski definition) is 6. The highest BCUT2D eigenvalue weighted by atomic mass is 16.5.